The summed E-state index contributed by atoms with van der Waals surface area (Å²) in [5.74, 6) is 0.722. The first kappa shape index (κ1) is 19.8. The van der Waals surface area contributed by atoms with Gasteiger partial charge in [0.15, 0.2) is 0 Å². The zero-order valence-corrected chi connectivity index (χ0v) is 17.7. The van der Waals surface area contributed by atoms with Gasteiger partial charge in [0, 0.05) is 17.7 Å². The monoisotopic (exact) mass is 429 g/mol. The number of halogens is 2. The van der Waals surface area contributed by atoms with Crippen molar-refractivity contribution < 1.29 is 9.53 Å². The Morgan fingerprint density at radius 2 is 1.90 bits per heavy atom. The molecule has 1 aliphatic heterocycles. The van der Waals surface area contributed by atoms with E-state index in [1.54, 1.807) is 13.2 Å². The number of ether oxygens (including phenoxy) is 1. The maximum Gasteiger partial charge on any atom is 0.273 e. The topological polar surface area (TPSA) is 58.2 Å². The number of aromatic nitrogens is 2. The number of amides is 1. The molecule has 0 spiro atoms. The number of unbranched alkanes of at least 4 members (excludes halogenated alkanes) is 1. The molecule has 2 aromatic carbocycles. The first-order valence-electron chi connectivity index (χ1n) is 9.53. The van der Waals surface area contributed by atoms with Crippen molar-refractivity contribution in [1.29, 1.82) is 0 Å². The Hall–Kier alpha value is -2.50. The highest BCUT2D eigenvalue weighted by Gasteiger charge is 2.41. The fraction of sp³-hybridized carbons (Fsp3) is 0.273. The van der Waals surface area contributed by atoms with Gasteiger partial charge in [-0.25, -0.2) is 0 Å². The fourth-order valence-corrected chi connectivity index (χ4v) is 4.06. The highest BCUT2D eigenvalue weighted by Crippen LogP contribution is 2.44. The number of carbonyl (C=O) groups excluding carboxylic acids is 1. The molecule has 2 heterocycles. The number of aromatic amines is 1. The Morgan fingerprint density at radius 3 is 2.55 bits per heavy atom. The Kier molecular flexibility index (Phi) is 5.52. The molecule has 1 aliphatic rings. The van der Waals surface area contributed by atoms with Crippen LogP contribution >= 0.6 is 23.2 Å². The summed E-state index contributed by atoms with van der Waals surface area (Å²) in [5, 5.41) is 8.39. The summed E-state index contributed by atoms with van der Waals surface area (Å²) in [4.78, 5) is 15.0. The van der Waals surface area contributed by atoms with Gasteiger partial charge in [0.25, 0.3) is 5.91 Å². The highest BCUT2D eigenvalue weighted by atomic mass is 35.5. The molecule has 0 radical (unpaired) electrons. The van der Waals surface area contributed by atoms with Crippen LogP contribution in [-0.4, -0.2) is 34.7 Å². The number of carbonyl (C=O) groups is 1. The van der Waals surface area contributed by atoms with E-state index in [1.807, 2.05) is 41.3 Å². The summed E-state index contributed by atoms with van der Waals surface area (Å²) >= 11 is 12.4. The molecule has 3 aromatic rings. The van der Waals surface area contributed by atoms with Crippen LogP contribution in [0.15, 0.2) is 42.5 Å². The van der Waals surface area contributed by atoms with E-state index in [-0.39, 0.29) is 11.9 Å². The fourth-order valence-electron chi connectivity index (χ4n) is 3.75. The molecule has 7 heteroatoms. The molecular weight excluding hydrogens is 409 g/mol. The zero-order chi connectivity index (χ0) is 20.5. The van der Waals surface area contributed by atoms with Gasteiger partial charge < -0.3 is 9.64 Å². The van der Waals surface area contributed by atoms with Gasteiger partial charge in [-0.05, 0) is 48.4 Å². The number of hydrogen-bond acceptors (Lipinski definition) is 3. The van der Waals surface area contributed by atoms with Crippen molar-refractivity contribution in [3.8, 4) is 17.0 Å². The molecule has 0 fully saturated rings. The maximum absolute atomic E-state index is 13.2. The molecule has 0 saturated heterocycles. The maximum atomic E-state index is 13.2. The Morgan fingerprint density at radius 1 is 1.14 bits per heavy atom. The number of benzene rings is 2. The van der Waals surface area contributed by atoms with E-state index in [0.29, 0.717) is 22.3 Å². The molecule has 1 atom stereocenters. The lowest BCUT2D eigenvalue weighted by Gasteiger charge is -2.26. The second-order valence-electron chi connectivity index (χ2n) is 7.02. The first-order chi connectivity index (χ1) is 14.0. The molecule has 1 N–H and O–H groups in total. The second-order valence-corrected chi connectivity index (χ2v) is 7.83. The second kappa shape index (κ2) is 8.09. The Labute approximate surface area is 179 Å². The van der Waals surface area contributed by atoms with Gasteiger partial charge in [0.05, 0.1) is 28.9 Å². The predicted octanol–water partition coefficient (Wildman–Crippen LogP) is 5.74. The molecule has 1 amide bonds. The normalized spacial score (nSPS) is 15.7. The van der Waals surface area contributed by atoms with Crippen LogP contribution in [0.3, 0.4) is 0 Å². The van der Waals surface area contributed by atoms with Crippen LogP contribution in [0.1, 0.15) is 47.4 Å². The summed E-state index contributed by atoms with van der Waals surface area (Å²) in [5.41, 5.74) is 3.99. The zero-order valence-electron chi connectivity index (χ0n) is 16.2. The van der Waals surface area contributed by atoms with Crippen LogP contribution in [0.4, 0.5) is 0 Å². The van der Waals surface area contributed by atoms with Crippen LogP contribution in [0.5, 0.6) is 5.75 Å². The van der Waals surface area contributed by atoms with E-state index in [2.05, 4.69) is 17.1 Å². The Bertz CT molecular complexity index is 1050. The third kappa shape index (κ3) is 3.49. The van der Waals surface area contributed by atoms with E-state index < -0.39 is 0 Å². The van der Waals surface area contributed by atoms with Gasteiger partial charge in [-0.2, -0.15) is 5.10 Å². The minimum atomic E-state index is -0.269. The molecule has 0 aliphatic carbocycles. The van der Waals surface area contributed by atoms with Crippen molar-refractivity contribution in [2.24, 2.45) is 0 Å². The average molecular weight is 430 g/mol. The Balaban J connectivity index is 1.84. The summed E-state index contributed by atoms with van der Waals surface area (Å²) < 4.78 is 5.25. The molecular formula is C22H21Cl2N3O2. The number of methoxy groups -OCH3 is 1. The van der Waals surface area contributed by atoms with Crippen LogP contribution in [-0.2, 0) is 0 Å². The number of hydrogen-bond donors (Lipinski definition) is 1. The number of H-pyrrole nitrogens is 1. The van der Waals surface area contributed by atoms with Crippen molar-refractivity contribution in [2.75, 3.05) is 13.7 Å². The quantitative estimate of drug-likeness (QED) is 0.543. The molecule has 0 bridgehead atoms. The smallest absolute Gasteiger partial charge is 0.273 e. The van der Waals surface area contributed by atoms with Gasteiger partial charge >= 0.3 is 0 Å². The summed E-state index contributed by atoms with van der Waals surface area (Å²) in [6, 6.07) is 12.9. The van der Waals surface area contributed by atoms with Gasteiger partial charge in [-0.3, -0.25) is 9.89 Å². The SMILES string of the molecule is CCCCN1C(=O)c2[nH]nc(-c3ccc(OC)cc3)c2C1c1ccc(Cl)c(Cl)c1. The van der Waals surface area contributed by atoms with E-state index in [0.717, 1.165) is 41.0 Å². The van der Waals surface area contributed by atoms with Crippen LogP contribution in [0.25, 0.3) is 11.3 Å². The van der Waals surface area contributed by atoms with Crippen molar-refractivity contribution in [3.63, 3.8) is 0 Å². The van der Waals surface area contributed by atoms with E-state index in [4.69, 9.17) is 27.9 Å². The van der Waals surface area contributed by atoms with E-state index >= 15 is 0 Å². The number of fused-ring (bicyclic) bond motifs is 1. The van der Waals surface area contributed by atoms with Crippen LogP contribution in [0, 0.1) is 0 Å². The summed E-state index contributed by atoms with van der Waals surface area (Å²) in [6.45, 7) is 2.77. The van der Waals surface area contributed by atoms with Gasteiger partial charge in [-0.15, -0.1) is 0 Å². The molecule has 0 saturated carbocycles. The molecule has 1 aromatic heterocycles. The summed E-state index contributed by atoms with van der Waals surface area (Å²) in [7, 11) is 1.63. The molecule has 29 heavy (non-hydrogen) atoms. The standard InChI is InChI=1S/C22H21Cl2N3O2/c1-3-4-11-27-21(14-7-10-16(23)17(24)12-14)18-19(25-26-20(18)22(27)28)13-5-8-15(29-2)9-6-13/h5-10,12,21H,3-4,11H2,1-2H3,(H,25,26). The van der Waals surface area contributed by atoms with Crippen LogP contribution in [0.2, 0.25) is 10.0 Å². The van der Waals surface area contributed by atoms with E-state index in [1.165, 1.54) is 0 Å². The van der Waals surface area contributed by atoms with Gasteiger partial charge in [-0.1, -0.05) is 42.6 Å². The van der Waals surface area contributed by atoms with Crippen molar-refractivity contribution in [3.05, 3.63) is 69.3 Å². The predicted molar refractivity (Wildman–Crippen MR) is 115 cm³/mol. The van der Waals surface area contributed by atoms with Crippen molar-refractivity contribution in [2.45, 2.75) is 25.8 Å². The minimum Gasteiger partial charge on any atom is -0.497 e. The first-order valence-corrected chi connectivity index (χ1v) is 10.3. The van der Waals surface area contributed by atoms with Gasteiger partial charge in [0.2, 0.25) is 0 Å². The largest absolute Gasteiger partial charge is 0.497 e. The van der Waals surface area contributed by atoms with Crippen molar-refractivity contribution in [1.82, 2.24) is 15.1 Å². The lowest BCUT2D eigenvalue weighted by Crippen LogP contribution is -2.30. The highest BCUT2D eigenvalue weighted by molar-refractivity contribution is 6.42. The minimum absolute atomic E-state index is 0.0446. The average Bonchev–Trinajstić information content (AvgIpc) is 3.28. The summed E-state index contributed by atoms with van der Waals surface area (Å²) in [6.07, 6.45) is 1.91. The molecule has 4 rings (SSSR count). The number of nitrogens with zero attached hydrogens (tertiary/aromatic N) is 2. The third-order valence-electron chi connectivity index (χ3n) is 5.24. The van der Waals surface area contributed by atoms with Crippen molar-refractivity contribution >= 4 is 29.1 Å². The third-order valence-corrected chi connectivity index (χ3v) is 5.98. The number of rotatable bonds is 6. The molecule has 5 nitrogen and oxygen atoms in total. The lowest BCUT2D eigenvalue weighted by atomic mass is 9.96. The molecule has 1 unspecified atom stereocenters. The van der Waals surface area contributed by atoms with Gasteiger partial charge in [0.1, 0.15) is 11.4 Å². The molecule has 150 valence electrons. The van der Waals surface area contributed by atoms with Crippen LogP contribution < -0.4 is 4.74 Å². The lowest BCUT2D eigenvalue weighted by molar-refractivity contribution is 0.0741. The number of nitrogens with one attached hydrogen (secondary N) is 1. The van der Waals surface area contributed by atoms with E-state index in [9.17, 15) is 4.79 Å².